The van der Waals surface area contributed by atoms with Crippen LogP contribution in [0.3, 0.4) is 0 Å². The highest BCUT2D eigenvalue weighted by Gasteiger charge is 2.55. The summed E-state index contributed by atoms with van der Waals surface area (Å²) < 4.78 is 11.2. The number of ketones is 1. The zero-order valence-corrected chi connectivity index (χ0v) is 19.5. The lowest BCUT2D eigenvalue weighted by molar-refractivity contribution is -0.156. The number of hydrogen-bond acceptors (Lipinski definition) is 8. The van der Waals surface area contributed by atoms with Crippen molar-refractivity contribution in [2.45, 2.75) is 91.3 Å². The summed E-state index contributed by atoms with van der Waals surface area (Å²) in [7, 11) is 0. The van der Waals surface area contributed by atoms with Crippen LogP contribution in [0.25, 0.3) is 0 Å². The average molecular weight is 451 g/mol. The summed E-state index contributed by atoms with van der Waals surface area (Å²) in [5.41, 5.74) is -0.666. The Morgan fingerprint density at radius 1 is 1.03 bits per heavy atom. The number of ether oxygens (including phenoxy) is 2. The van der Waals surface area contributed by atoms with Gasteiger partial charge in [0.05, 0.1) is 17.6 Å². The SMILES string of the molecule is CC(=O)O[C@H]1C[C@@H]2[C@H](OC(C)=O)/C=C3\C[C@](C)(C(=O)[C@H](O)C(=C1C)C2(C)C)[C@@H](O)C[C@@H]3O. The Balaban J connectivity index is 2.29. The predicted octanol–water partition coefficient (Wildman–Crippen LogP) is 1.60. The maximum atomic E-state index is 13.6. The normalized spacial score (nSPS) is 40.8. The standard InChI is InChI=1S/C24H34O8/c1-11-17(31-12(2)25)8-15-18(32-13(3)26)7-14-10-24(6,19(28)9-16(14)27)22(30)21(29)20(11)23(15,4)5/h7,15-19,21,27-29H,8-10H2,1-6H3/b14-7+/t15-,16+,17+,18-,19+,21-,24+/m1/s1. The van der Waals surface area contributed by atoms with E-state index in [-0.39, 0.29) is 12.8 Å². The molecule has 0 spiro atoms. The summed E-state index contributed by atoms with van der Waals surface area (Å²) in [5, 5.41) is 32.7. The maximum absolute atomic E-state index is 13.6. The fourth-order valence-electron chi connectivity index (χ4n) is 5.82. The van der Waals surface area contributed by atoms with Crippen molar-refractivity contribution in [3.05, 3.63) is 22.8 Å². The Morgan fingerprint density at radius 3 is 2.19 bits per heavy atom. The van der Waals surface area contributed by atoms with Crippen LogP contribution in [-0.2, 0) is 23.9 Å². The molecule has 178 valence electrons. The Hall–Kier alpha value is -2.03. The van der Waals surface area contributed by atoms with E-state index in [1.807, 2.05) is 13.8 Å². The average Bonchev–Trinajstić information content (AvgIpc) is 2.65. The van der Waals surface area contributed by atoms with Crippen LogP contribution in [0.5, 0.6) is 0 Å². The van der Waals surface area contributed by atoms with Crippen molar-refractivity contribution in [1.82, 2.24) is 0 Å². The van der Waals surface area contributed by atoms with E-state index in [1.165, 1.54) is 13.8 Å². The second kappa shape index (κ2) is 8.39. The molecule has 3 N–H and O–H groups in total. The summed E-state index contributed by atoms with van der Waals surface area (Å²) in [6.45, 7) is 9.61. The molecule has 0 amide bonds. The zero-order chi connectivity index (χ0) is 24.2. The van der Waals surface area contributed by atoms with Gasteiger partial charge in [0.1, 0.15) is 18.3 Å². The Bertz CT molecular complexity index is 884. The maximum Gasteiger partial charge on any atom is 0.303 e. The van der Waals surface area contributed by atoms with Gasteiger partial charge in [-0.15, -0.1) is 0 Å². The largest absolute Gasteiger partial charge is 0.458 e. The van der Waals surface area contributed by atoms with Gasteiger partial charge >= 0.3 is 11.9 Å². The molecule has 1 fully saturated rings. The molecule has 4 bridgehead atoms. The molecule has 7 atom stereocenters. The number of rotatable bonds is 2. The quantitative estimate of drug-likeness (QED) is 0.427. The van der Waals surface area contributed by atoms with E-state index in [4.69, 9.17) is 9.47 Å². The monoisotopic (exact) mass is 450 g/mol. The molecular weight excluding hydrogens is 416 g/mol. The predicted molar refractivity (Wildman–Crippen MR) is 114 cm³/mol. The van der Waals surface area contributed by atoms with Gasteiger partial charge in [-0.3, -0.25) is 14.4 Å². The topological polar surface area (TPSA) is 130 Å². The molecule has 0 aliphatic heterocycles. The molecule has 3 rings (SSSR count). The summed E-state index contributed by atoms with van der Waals surface area (Å²) in [6, 6.07) is 0. The molecular formula is C24H34O8. The van der Waals surface area contributed by atoms with Crippen LogP contribution in [0.2, 0.25) is 0 Å². The van der Waals surface area contributed by atoms with Crippen LogP contribution in [0.15, 0.2) is 22.8 Å². The molecule has 8 heteroatoms. The van der Waals surface area contributed by atoms with E-state index in [1.54, 1.807) is 19.9 Å². The van der Waals surface area contributed by atoms with Gasteiger partial charge in [0.2, 0.25) is 0 Å². The van der Waals surface area contributed by atoms with Gasteiger partial charge in [-0.05, 0) is 54.9 Å². The molecule has 0 saturated heterocycles. The van der Waals surface area contributed by atoms with Crippen molar-refractivity contribution in [1.29, 1.82) is 0 Å². The van der Waals surface area contributed by atoms with Gasteiger partial charge in [-0.1, -0.05) is 13.8 Å². The first kappa shape index (κ1) is 24.6. The van der Waals surface area contributed by atoms with E-state index in [9.17, 15) is 29.7 Å². The zero-order valence-electron chi connectivity index (χ0n) is 19.5. The fourth-order valence-corrected chi connectivity index (χ4v) is 5.82. The second-order valence-corrected chi connectivity index (χ2v) is 10.2. The molecule has 3 aliphatic carbocycles. The van der Waals surface area contributed by atoms with Crippen molar-refractivity contribution in [2.75, 3.05) is 0 Å². The van der Waals surface area contributed by atoms with Crippen LogP contribution in [0.4, 0.5) is 0 Å². The van der Waals surface area contributed by atoms with Gasteiger partial charge in [0, 0.05) is 26.2 Å². The van der Waals surface area contributed by atoms with Crippen molar-refractivity contribution in [3.8, 4) is 0 Å². The number of Topliss-reactive ketones (excluding diaryl/α,β-unsaturated/α-hetero) is 1. The summed E-state index contributed by atoms with van der Waals surface area (Å²) in [5.74, 6) is -2.00. The Morgan fingerprint density at radius 2 is 1.62 bits per heavy atom. The van der Waals surface area contributed by atoms with Gasteiger partial charge in [0.25, 0.3) is 0 Å². The Kier molecular flexibility index (Phi) is 6.45. The highest BCUT2D eigenvalue weighted by Crippen LogP contribution is 2.52. The van der Waals surface area contributed by atoms with Crippen LogP contribution in [0.1, 0.15) is 60.8 Å². The molecule has 0 aromatic heterocycles. The first-order chi connectivity index (χ1) is 14.7. The van der Waals surface area contributed by atoms with Crippen LogP contribution in [0, 0.1) is 16.7 Å². The highest BCUT2D eigenvalue weighted by molar-refractivity contribution is 5.92. The third-order valence-electron chi connectivity index (χ3n) is 7.65. The van der Waals surface area contributed by atoms with Crippen LogP contribution >= 0.6 is 0 Å². The number of esters is 2. The minimum Gasteiger partial charge on any atom is -0.458 e. The van der Waals surface area contributed by atoms with E-state index < -0.39 is 65.0 Å². The van der Waals surface area contributed by atoms with Gasteiger partial charge in [-0.2, -0.15) is 0 Å². The summed E-state index contributed by atoms with van der Waals surface area (Å²) >= 11 is 0. The van der Waals surface area contributed by atoms with Crippen LogP contribution in [-0.4, -0.2) is 63.6 Å². The van der Waals surface area contributed by atoms with Crippen molar-refractivity contribution in [2.24, 2.45) is 16.7 Å². The number of aliphatic hydroxyl groups is 3. The molecule has 0 radical (unpaired) electrons. The van der Waals surface area contributed by atoms with Crippen molar-refractivity contribution < 1.29 is 39.2 Å². The molecule has 1 saturated carbocycles. The second-order valence-electron chi connectivity index (χ2n) is 10.2. The molecule has 32 heavy (non-hydrogen) atoms. The molecule has 0 heterocycles. The van der Waals surface area contributed by atoms with Gasteiger partial charge in [0.15, 0.2) is 5.78 Å². The number of hydrogen-bond donors (Lipinski definition) is 3. The Labute approximate surface area is 188 Å². The molecule has 8 nitrogen and oxygen atoms in total. The van der Waals surface area contributed by atoms with Crippen molar-refractivity contribution in [3.63, 3.8) is 0 Å². The number of fused-ring (bicyclic) bond motifs is 4. The van der Waals surface area contributed by atoms with Crippen LogP contribution < -0.4 is 0 Å². The minimum atomic E-state index is -1.54. The van der Waals surface area contributed by atoms with E-state index >= 15 is 0 Å². The molecule has 0 unspecified atom stereocenters. The third-order valence-corrected chi connectivity index (χ3v) is 7.65. The van der Waals surface area contributed by atoms with Gasteiger partial charge in [-0.25, -0.2) is 0 Å². The number of aliphatic hydroxyl groups excluding tert-OH is 3. The lowest BCUT2D eigenvalue weighted by atomic mass is 9.57. The molecule has 3 aliphatic rings. The minimum absolute atomic E-state index is 0.0375. The molecule has 0 aromatic rings. The summed E-state index contributed by atoms with van der Waals surface area (Å²) in [4.78, 5) is 37.4. The molecule has 0 aromatic carbocycles. The lowest BCUT2D eigenvalue weighted by Gasteiger charge is -2.50. The van der Waals surface area contributed by atoms with Crippen molar-refractivity contribution >= 4 is 17.7 Å². The lowest BCUT2D eigenvalue weighted by Crippen LogP contribution is -2.55. The van der Waals surface area contributed by atoms with E-state index in [0.717, 1.165) is 0 Å². The van der Waals surface area contributed by atoms with E-state index in [2.05, 4.69) is 0 Å². The number of carbonyl (C=O) groups excluding carboxylic acids is 3. The van der Waals surface area contributed by atoms with E-state index in [0.29, 0.717) is 23.1 Å². The number of carbonyl (C=O) groups is 3. The summed E-state index contributed by atoms with van der Waals surface area (Å²) in [6.07, 6.45) is -3.22. The smallest absolute Gasteiger partial charge is 0.303 e. The first-order valence-electron chi connectivity index (χ1n) is 11.0. The highest BCUT2D eigenvalue weighted by atomic mass is 16.5. The van der Waals surface area contributed by atoms with Gasteiger partial charge < -0.3 is 24.8 Å². The first-order valence-corrected chi connectivity index (χ1v) is 11.0. The fraction of sp³-hybridized carbons (Fsp3) is 0.708. The third kappa shape index (κ3) is 4.04.